The SMILES string of the molecule is Cc1c(OCc2ccc(F)cc2)ccc2c1O/C(=C\c1ccc3c(c1)OCO3)C2=O. The number of carbonyl (C=O) groups is 1. The average molecular weight is 404 g/mol. The average Bonchev–Trinajstić information content (AvgIpc) is 3.34. The zero-order chi connectivity index (χ0) is 20.7. The molecule has 0 aromatic heterocycles. The van der Waals surface area contributed by atoms with E-state index >= 15 is 0 Å². The molecule has 6 heteroatoms. The molecule has 0 saturated carbocycles. The highest BCUT2D eigenvalue weighted by atomic mass is 19.1. The smallest absolute Gasteiger partial charge is 0.231 e. The van der Waals surface area contributed by atoms with Crippen LogP contribution in [0.5, 0.6) is 23.0 Å². The van der Waals surface area contributed by atoms with Crippen molar-refractivity contribution in [3.05, 3.63) is 88.4 Å². The Labute approximate surface area is 172 Å². The lowest BCUT2D eigenvalue weighted by molar-refractivity contribution is 0.101. The summed E-state index contributed by atoms with van der Waals surface area (Å²) in [6, 6.07) is 15.0. The second-order valence-corrected chi connectivity index (χ2v) is 7.03. The van der Waals surface area contributed by atoms with Crippen molar-refractivity contribution in [2.75, 3.05) is 6.79 Å². The Morgan fingerprint density at radius 1 is 1.03 bits per heavy atom. The molecule has 2 aliphatic rings. The maximum atomic E-state index is 13.1. The first-order valence-electron chi connectivity index (χ1n) is 9.43. The number of benzene rings is 3. The zero-order valence-corrected chi connectivity index (χ0v) is 16.1. The molecule has 0 saturated heterocycles. The molecule has 0 N–H and O–H groups in total. The first-order valence-corrected chi connectivity index (χ1v) is 9.43. The first-order chi connectivity index (χ1) is 14.6. The zero-order valence-electron chi connectivity index (χ0n) is 16.1. The van der Waals surface area contributed by atoms with Gasteiger partial charge in [-0.3, -0.25) is 4.79 Å². The van der Waals surface area contributed by atoms with Crippen LogP contribution in [0.2, 0.25) is 0 Å². The summed E-state index contributed by atoms with van der Waals surface area (Å²) in [7, 11) is 0. The highest BCUT2D eigenvalue weighted by Crippen LogP contribution is 2.40. The molecule has 0 radical (unpaired) electrons. The summed E-state index contributed by atoms with van der Waals surface area (Å²) in [5.41, 5.74) is 2.85. The predicted molar refractivity (Wildman–Crippen MR) is 107 cm³/mol. The van der Waals surface area contributed by atoms with Crippen molar-refractivity contribution in [3.63, 3.8) is 0 Å². The Hall–Kier alpha value is -3.80. The Bertz CT molecular complexity index is 1180. The molecule has 3 aromatic rings. The van der Waals surface area contributed by atoms with E-state index in [0.717, 1.165) is 16.7 Å². The number of allylic oxidation sites excluding steroid dienone is 1. The number of halogens is 1. The second-order valence-electron chi connectivity index (χ2n) is 7.03. The van der Waals surface area contributed by atoms with Crippen LogP contribution in [0.1, 0.15) is 27.0 Å². The molecule has 0 bridgehead atoms. The maximum absolute atomic E-state index is 13.1. The fourth-order valence-corrected chi connectivity index (χ4v) is 3.42. The van der Waals surface area contributed by atoms with Crippen molar-refractivity contribution >= 4 is 11.9 Å². The molecule has 0 spiro atoms. The molecule has 3 aromatic carbocycles. The number of hydrogen-bond acceptors (Lipinski definition) is 5. The van der Waals surface area contributed by atoms with Gasteiger partial charge in [-0.05, 0) is 60.5 Å². The third kappa shape index (κ3) is 3.26. The predicted octanol–water partition coefficient (Wildman–Crippen LogP) is 5.06. The Balaban J connectivity index is 1.38. The van der Waals surface area contributed by atoms with E-state index in [2.05, 4.69) is 0 Å². The van der Waals surface area contributed by atoms with Gasteiger partial charge >= 0.3 is 0 Å². The molecule has 0 unspecified atom stereocenters. The lowest BCUT2D eigenvalue weighted by atomic mass is 10.1. The number of fused-ring (bicyclic) bond motifs is 2. The van der Waals surface area contributed by atoms with Crippen LogP contribution >= 0.6 is 0 Å². The van der Waals surface area contributed by atoms with Gasteiger partial charge in [0, 0.05) is 5.56 Å². The summed E-state index contributed by atoms with van der Waals surface area (Å²) in [5.74, 6) is 2.18. The van der Waals surface area contributed by atoms with Crippen LogP contribution in [0.15, 0.2) is 60.4 Å². The van der Waals surface area contributed by atoms with E-state index in [1.165, 1.54) is 12.1 Å². The highest BCUT2D eigenvalue weighted by Gasteiger charge is 2.30. The molecule has 0 fully saturated rings. The molecule has 30 heavy (non-hydrogen) atoms. The van der Waals surface area contributed by atoms with E-state index in [1.54, 1.807) is 42.5 Å². The third-order valence-corrected chi connectivity index (χ3v) is 5.04. The van der Waals surface area contributed by atoms with Crippen molar-refractivity contribution in [3.8, 4) is 23.0 Å². The number of carbonyl (C=O) groups excluding carboxylic acids is 1. The lowest BCUT2D eigenvalue weighted by Crippen LogP contribution is -1.98. The summed E-state index contributed by atoms with van der Waals surface area (Å²) >= 11 is 0. The van der Waals surface area contributed by atoms with Crippen LogP contribution in [0.3, 0.4) is 0 Å². The minimum Gasteiger partial charge on any atom is -0.488 e. The quantitative estimate of drug-likeness (QED) is 0.569. The van der Waals surface area contributed by atoms with Gasteiger partial charge in [-0.25, -0.2) is 4.39 Å². The minimum atomic E-state index is -0.291. The molecule has 5 nitrogen and oxygen atoms in total. The summed E-state index contributed by atoms with van der Waals surface area (Å²) in [5, 5.41) is 0. The van der Waals surface area contributed by atoms with Crippen LogP contribution in [0.25, 0.3) is 6.08 Å². The van der Waals surface area contributed by atoms with E-state index in [4.69, 9.17) is 18.9 Å². The third-order valence-electron chi connectivity index (χ3n) is 5.04. The van der Waals surface area contributed by atoms with Crippen molar-refractivity contribution in [2.24, 2.45) is 0 Å². The van der Waals surface area contributed by atoms with Crippen LogP contribution in [-0.4, -0.2) is 12.6 Å². The molecule has 0 atom stereocenters. The Kier molecular flexibility index (Phi) is 4.39. The summed E-state index contributed by atoms with van der Waals surface area (Å²) in [6.45, 7) is 2.32. The minimum absolute atomic E-state index is 0.184. The van der Waals surface area contributed by atoms with Gasteiger partial charge < -0.3 is 18.9 Å². The highest BCUT2D eigenvalue weighted by molar-refractivity contribution is 6.15. The van der Waals surface area contributed by atoms with E-state index in [1.807, 2.05) is 13.0 Å². The molecular formula is C24H17FO5. The largest absolute Gasteiger partial charge is 0.488 e. The Morgan fingerprint density at radius 2 is 1.83 bits per heavy atom. The fourth-order valence-electron chi connectivity index (χ4n) is 3.42. The molecule has 150 valence electrons. The molecule has 2 heterocycles. The van der Waals surface area contributed by atoms with Gasteiger partial charge in [0.25, 0.3) is 0 Å². The fraction of sp³-hybridized carbons (Fsp3) is 0.125. The van der Waals surface area contributed by atoms with Crippen molar-refractivity contribution in [1.29, 1.82) is 0 Å². The second kappa shape index (κ2) is 7.22. The van der Waals surface area contributed by atoms with Gasteiger partial charge in [0.15, 0.2) is 17.3 Å². The van der Waals surface area contributed by atoms with Crippen LogP contribution in [0, 0.1) is 12.7 Å². The van der Waals surface area contributed by atoms with E-state index in [-0.39, 0.29) is 30.8 Å². The van der Waals surface area contributed by atoms with Gasteiger partial charge in [-0.1, -0.05) is 18.2 Å². The van der Waals surface area contributed by atoms with Gasteiger partial charge in [0.05, 0.1) is 5.56 Å². The number of Topliss-reactive ketones (excluding diaryl/α,β-unsaturated/α-hetero) is 1. The lowest BCUT2D eigenvalue weighted by Gasteiger charge is -2.11. The first kappa shape index (κ1) is 18.2. The summed E-state index contributed by atoms with van der Waals surface area (Å²) < 4.78 is 35.5. The van der Waals surface area contributed by atoms with Gasteiger partial charge in [-0.2, -0.15) is 0 Å². The van der Waals surface area contributed by atoms with E-state index in [0.29, 0.717) is 28.6 Å². The van der Waals surface area contributed by atoms with Crippen LogP contribution in [-0.2, 0) is 6.61 Å². The number of ether oxygens (including phenoxy) is 4. The number of ketones is 1. The molecule has 0 aliphatic carbocycles. The standard InChI is InChI=1S/C24H17FO5/c1-14-19(27-12-15-2-5-17(25)6-3-15)9-7-18-23(26)22(30-24(14)18)11-16-4-8-20-21(10-16)29-13-28-20/h2-11H,12-13H2,1H3/b22-11-. The normalized spacial score (nSPS) is 15.3. The van der Waals surface area contributed by atoms with E-state index in [9.17, 15) is 9.18 Å². The summed E-state index contributed by atoms with van der Waals surface area (Å²) in [4.78, 5) is 12.8. The van der Waals surface area contributed by atoms with Crippen molar-refractivity contribution in [2.45, 2.75) is 13.5 Å². The maximum Gasteiger partial charge on any atom is 0.231 e. The molecule has 2 aliphatic heterocycles. The van der Waals surface area contributed by atoms with Gasteiger partial charge in [0.1, 0.15) is 23.9 Å². The number of hydrogen-bond donors (Lipinski definition) is 0. The molecule has 5 rings (SSSR count). The molecular weight excluding hydrogens is 387 g/mol. The van der Waals surface area contributed by atoms with Gasteiger partial charge in [0.2, 0.25) is 12.6 Å². The topological polar surface area (TPSA) is 54.0 Å². The molecule has 0 amide bonds. The van der Waals surface area contributed by atoms with Crippen molar-refractivity contribution in [1.82, 2.24) is 0 Å². The van der Waals surface area contributed by atoms with Crippen molar-refractivity contribution < 1.29 is 28.1 Å². The van der Waals surface area contributed by atoms with Crippen LogP contribution < -0.4 is 18.9 Å². The summed E-state index contributed by atoms with van der Waals surface area (Å²) in [6.07, 6.45) is 1.68. The Morgan fingerprint density at radius 3 is 2.67 bits per heavy atom. The number of rotatable bonds is 4. The van der Waals surface area contributed by atoms with E-state index < -0.39 is 0 Å². The van der Waals surface area contributed by atoms with Gasteiger partial charge in [-0.15, -0.1) is 0 Å². The van der Waals surface area contributed by atoms with Crippen LogP contribution in [0.4, 0.5) is 4.39 Å². The monoisotopic (exact) mass is 404 g/mol.